The lowest BCUT2D eigenvalue weighted by atomic mass is 9.82. The van der Waals surface area contributed by atoms with Crippen LogP contribution in [0.15, 0.2) is 24.5 Å². The average molecular weight is 468 g/mol. The van der Waals surface area contributed by atoms with Crippen molar-refractivity contribution in [2.45, 2.75) is 51.7 Å². The van der Waals surface area contributed by atoms with E-state index in [2.05, 4.69) is 26.0 Å². The number of pyridine rings is 1. The number of fused-ring (bicyclic) bond motifs is 2. The average Bonchev–Trinajstić information content (AvgIpc) is 3.56. The Hall–Kier alpha value is -3.14. The maximum Gasteiger partial charge on any atom is 0.317 e. The first-order chi connectivity index (χ1) is 15.9. The lowest BCUT2D eigenvalue weighted by Gasteiger charge is -2.23. The molecule has 2 amide bonds. The summed E-state index contributed by atoms with van der Waals surface area (Å²) >= 11 is 1.61. The van der Waals surface area contributed by atoms with Gasteiger partial charge in [-0.05, 0) is 45.7 Å². The molecule has 2 atom stereocenters. The molecular formula is C23H29N7O2S. The van der Waals surface area contributed by atoms with E-state index in [1.54, 1.807) is 17.5 Å². The van der Waals surface area contributed by atoms with Gasteiger partial charge in [-0.15, -0.1) is 11.3 Å². The van der Waals surface area contributed by atoms with Crippen LogP contribution in [-0.2, 0) is 12.0 Å². The van der Waals surface area contributed by atoms with Crippen molar-refractivity contribution >= 4 is 23.2 Å². The normalized spacial score (nSPS) is 20.3. The largest absolute Gasteiger partial charge is 0.480 e. The highest BCUT2D eigenvalue weighted by molar-refractivity contribution is 7.11. The fraction of sp³-hybridized carbons (Fsp3) is 0.478. The Morgan fingerprint density at radius 3 is 2.88 bits per heavy atom. The Balaban J connectivity index is 1.38. The van der Waals surface area contributed by atoms with Gasteiger partial charge in [0.1, 0.15) is 11.1 Å². The molecular weight excluding hydrogens is 438 g/mol. The number of hydrogen-bond donors (Lipinski definition) is 2. The van der Waals surface area contributed by atoms with E-state index in [4.69, 9.17) is 15.6 Å². The van der Waals surface area contributed by atoms with Gasteiger partial charge in [0.2, 0.25) is 0 Å². The molecule has 1 fully saturated rings. The van der Waals surface area contributed by atoms with E-state index in [-0.39, 0.29) is 17.6 Å². The summed E-state index contributed by atoms with van der Waals surface area (Å²) < 4.78 is 8.19. The second kappa shape index (κ2) is 8.33. The van der Waals surface area contributed by atoms with Crippen LogP contribution in [0.2, 0.25) is 0 Å². The number of aromatic nitrogens is 4. The van der Waals surface area contributed by atoms with Gasteiger partial charge in [-0.3, -0.25) is 4.68 Å². The molecule has 3 aromatic rings. The molecule has 9 nitrogen and oxygen atoms in total. The number of nitrogens with two attached hydrogens (primary N) is 1. The van der Waals surface area contributed by atoms with Gasteiger partial charge in [0.15, 0.2) is 11.6 Å². The summed E-state index contributed by atoms with van der Waals surface area (Å²) in [4.78, 5) is 24.2. The summed E-state index contributed by atoms with van der Waals surface area (Å²) in [7, 11) is 0. The van der Waals surface area contributed by atoms with Gasteiger partial charge in [-0.2, -0.15) is 5.10 Å². The molecule has 5 rings (SSSR count). The topological polar surface area (TPSA) is 111 Å². The number of carbonyl (C=O) groups excluding carboxylic acids is 1. The fourth-order valence-corrected chi connectivity index (χ4v) is 5.57. The summed E-state index contributed by atoms with van der Waals surface area (Å²) in [6.07, 6.45) is 5.31. The van der Waals surface area contributed by atoms with E-state index in [1.165, 1.54) is 5.69 Å². The van der Waals surface area contributed by atoms with Gasteiger partial charge in [0.25, 0.3) is 0 Å². The lowest BCUT2D eigenvalue weighted by Crippen LogP contribution is -2.40. The highest BCUT2D eigenvalue weighted by Crippen LogP contribution is 2.44. The van der Waals surface area contributed by atoms with Gasteiger partial charge in [-0.25, -0.2) is 14.8 Å². The van der Waals surface area contributed by atoms with Gasteiger partial charge in [0.05, 0.1) is 5.69 Å². The highest BCUT2D eigenvalue weighted by Gasteiger charge is 2.46. The monoisotopic (exact) mass is 467 g/mol. The van der Waals surface area contributed by atoms with E-state index in [9.17, 15) is 4.79 Å². The number of rotatable bonds is 5. The predicted octanol–water partition coefficient (Wildman–Crippen LogP) is 3.51. The molecule has 0 unspecified atom stereocenters. The van der Waals surface area contributed by atoms with Crippen LogP contribution in [-0.4, -0.2) is 50.3 Å². The number of aryl methyl sites for hydroxylation is 2. The van der Waals surface area contributed by atoms with Crippen LogP contribution in [0.1, 0.15) is 48.4 Å². The van der Waals surface area contributed by atoms with Crippen molar-refractivity contribution in [1.82, 2.24) is 30.0 Å². The smallest absolute Gasteiger partial charge is 0.317 e. The number of nitrogens with one attached hydrogen (secondary N) is 1. The van der Waals surface area contributed by atoms with Crippen molar-refractivity contribution in [2.75, 3.05) is 25.4 Å². The van der Waals surface area contributed by atoms with E-state index < -0.39 is 0 Å². The van der Waals surface area contributed by atoms with Gasteiger partial charge >= 0.3 is 6.03 Å². The second-order valence-electron chi connectivity index (χ2n) is 8.85. The number of ether oxygens (including phenoxy) is 1. The highest BCUT2D eigenvalue weighted by atomic mass is 32.1. The summed E-state index contributed by atoms with van der Waals surface area (Å²) in [6.45, 7) is 8.90. The molecule has 174 valence electrons. The van der Waals surface area contributed by atoms with Crippen LogP contribution >= 0.6 is 11.3 Å². The second-order valence-corrected chi connectivity index (χ2v) is 10.1. The molecule has 0 saturated carbocycles. The number of urea groups is 1. The zero-order chi connectivity index (χ0) is 23.2. The van der Waals surface area contributed by atoms with Crippen molar-refractivity contribution in [3.63, 3.8) is 0 Å². The number of anilines is 1. The van der Waals surface area contributed by atoms with Gasteiger partial charge in [-0.1, -0.05) is 0 Å². The maximum absolute atomic E-state index is 12.3. The minimum absolute atomic E-state index is 0.0154. The number of carbonyl (C=O) groups is 1. The molecule has 2 aliphatic rings. The zero-order valence-corrected chi connectivity index (χ0v) is 20.0. The van der Waals surface area contributed by atoms with Gasteiger partial charge in [0, 0.05) is 60.1 Å². The zero-order valence-electron chi connectivity index (χ0n) is 19.2. The molecule has 5 heterocycles. The third-order valence-electron chi connectivity index (χ3n) is 6.56. The van der Waals surface area contributed by atoms with Crippen LogP contribution in [0.5, 0.6) is 5.75 Å². The Bertz CT molecular complexity index is 1190. The maximum atomic E-state index is 12.3. The predicted molar refractivity (Wildman–Crippen MR) is 127 cm³/mol. The SMILES string of the molecule is CCNC(=O)N1CC[C@@]2(CCn3nc(-c4cnc(N)c(O[C@H](C)c5ncc(C)s5)c4)cc32)C1. The minimum Gasteiger partial charge on any atom is -0.480 e. The Morgan fingerprint density at radius 2 is 2.12 bits per heavy atom. The molecule has 3 aromatic heterocycles. The van der Waals surface area contributed by atoms with Crippen molar-refractivity contribution in [1.29, 1.82) is 0 Å². The molecule has 33 heavy (non-hydrogen) atoms. The van der Waals surface area contributed by atoms with Crippen molar-refractivity contribution in [2.24, 2.45) is 0 Å². The minimum atomic E-state index is -0.225. The third-order valence-corrected chi connectivity index (χ3v) is 7.64. The van der Waals surface area contributed by atoms with E-state index >= 15 is 0 Å². The Labute approximate surface area is 197 Å². The summed E-state index contributed by atoms with van der Waals surface area (Å²) in [6, 6.07) is 4.06. The molecule has 2 aliphatic heterocycles. The Morgan fingerprint density at radius 1 is 1.30 bits per heavy atom. The number of thiazole rings is 1. The fourth-order valence-electron chi connectivity index (χ4n) is 4.82. The lowest BCUT2D eigenvalue weighted by molar-refractivity contribution is 0.206. The van der Waals surface area contributed by atoms with Crippen LogP contribution in [0.3, 0.4) is 0 Å². The Kier molecular flexibility index (Phi) is 5.48. The van der Waals surface area contributed by atoms with Crippen molar-refractivity contribution in [3.05, 3.63) is 40.1 Å². The van der Waals surface area contributed by atoms with Crippen LogP contribution in [0.4, 0.5) is 10.6 Å². The quantitative estimate of drug-likeness (QED) is 0.594. The summed E-state index contributed by atoms with van der Waals surface area (Å²) in [5.74, 6) is 0.870. The first-order valence-corrected chi connectivity index (χ1v) is 12.2. The van der Waals surface area contributed by atoms with Crippen LogP contribution < -0.4 is 15.8 Å². The standard InChI is InChI=1S/C23H29N7O2S/c1-4-25-22(31)29-7-5-23(13-29)6-8-30-19(23)10-17(28-30)16-9-18(20(24)26-12-16)32-15(3)21-27-11-14(2)33-21/h9-12,15H,4-8,13H2,1-3H3,(H2,24,26)(H,25,31)/t15-,23-/m1/s1. The summed E-state index contributed by atoms with van der Waals surface area (Å²) in [5.41, 5.74) is 8.97. The van der Waals surface area contributed by atoms with E-state index in [1.807, 2.05) is 37.9 Å². The molecule has 0 aliphatic carbocycles. The first-order valence-electron chi connectivity index (χ1n) is 11.3. The third kappa shape index (κ3) is 3.92. The number of hydrogen-bond acceptors (Lipinski definition) is 7. The first kappa shape index (κ1) is 21.7. The molecule has 3 N–H and O–H groups in total. The van der Waals surface area contributed by atoms with Gasteiger partial charge < -0.3 is 20.7 Å². The van der Waals surface area contributed by atoms with E-state index in [0.29, 0.717) is 18.1 Å². The van der Waals surface area contributed by atoms with Crippen LogP contribution in [0, 0.1) is 6.92 Å². The number of amides is 2. The van der Waals surface area contributed by atoms with Crippen molar-refractivity contribution in [3.8, 4) is 17.0 Å². The van der Waals surface area contributed by atoms with Crippen LogP contribution in [0.25, 0.3) is 11.3 Å². The molecule has 0 bridgehead atoms. The van der Waals surface area contributed by atoms with E-state index in [0.717, 1.165) is 53.6 Å². The molecule has 0 radical (unpaired) electrons. The number of nitrogen functional groups attached to an aromatic ring is 1. The number of nitrogens with zero attached hydrogens (tertiary/aromatic N) is 5. The van der Waals surface area contributed by atoms with Crippen molar-refractivity contribution < 1.29 is 9.53 Å². The summed E-state index contributed by atoms with van der Waals surface area (Å²) in [5, 5.41) is 8.67. The number of likely N-dealkylation sites (tertiary alicyclic amines) is 1. The molecule has 10 heteroatoms. The molecule has 1 saturated heterocycles. The molecule has 0 aromatic carbocycles. The molecule has 1 spiro atoms.